The molecule has 0 aliphatic rings. The van der Waals surface area contributed by atoms with E-state index in [4.69, 9.17) is 9.47 Å². The lowest BCUT2D eigenvalue weighted by atomic mass is 9.90. The summed E-state index contributed by atoms with van der Waals surface area (Å²) in [7, 11) is 0. The molecule has 0 unspecified atom stereocenters. The number of aromatic nitrogens is 1. The second kappa shape index (κ2) is 7.83. The minimum absolute atomic E-state index is 0.0769. The zero-order valence-electron chi connectivity index (χ0n) is 14.5. The van der Waals surface area contributed by atoms with Crippen molar-refractivity contribution < 1.29 is 23.9 Å². The van der Waals surface area contributed by atoms with E-state index in [1.807, 2.05) is 25.1 Å². The van der Waals surface area contributed by atoms with Crippen LogP contribution in [0, 0.1) is 6.92 Å². The van der Waals surface area contributed by atoms with Crippen LogP contribution in [-0.2, 0) is 30.3 Å². The lowest BCUT2D eigenvalue weighted by molar-refractivity contribution is -0.167. The molecule has 134 valence electrons. The third-order valence-corrected chi connectivity index (χ3v) is 3.93. The Labute approximate surface area is 145 Å². The van der Waals surface area contributed by atoms with Gasteiger partial charge in [-0.25, -0.2) is 9.59 Å². The SMILES string of the molecule is CCOC(=O)C(Cc1c[nH]c2cc(C)ccc12)(NC=O)C(=O)OCC. The van der Waals surface area contributed by atoms with Crippen molar-refractivity contribution in [2.45, 2.75) is 32.7 Å². The number of nitrogens with one attached hydrogen (secondary N) is 2. The van der Waals surface area contributed by atoms with Gasteiger partial charge in [0.25, 0.3) is 0 Å². The fraction of sp³-hybridized carbons (Fsp3) is 0.389. The third kappa shape index (κ3) is 3.65. The number of aryl methyl sites for hydroxylation is 1. The molecular formula is C18H22N2O5. The minimum atomic E-state index is -1.92. The molecule has 0 fully saturated rings. The molecule has 0 aliphatic heterocycles. The van der Waals surface area contributed by atoms with Crippen LogP contribution in [0.2, 0.25) is 0 Å². The summed E-state index contributed by atoms with van der Waals surface area (Å²) in [6.07, 6.45) is 1.95. The Morgan fingerprint density at radius 1 is 1.20 bits per heavy atom. The van der Waals surface area contributed by atoms with Crippen LogP contribution in [-0.4, -0.2) is 42.1 Å². The highest BCUT2D eigenvalue weighted by molar-refractivity contribution is 6.07. The van der Waals surface area contributed by atoms with Crippen molar-refractivity contribution in [3.05, 3.63) is 35.5 Å². The molecule has 1 heterocycles. The molecule has 0 spiro atoms. The summed E-state index contributed by atoms with van der Waals surface area (Å²) in [5, 5.41) is 3.19. The molecule has 0 bridgehead atoms. The first-order valence-electron chi connectivity index (χ1n) is 8.10. The highest BCUT2D eigenvalue weighted by atomic mass is 16.6. The smallest absolute Gasteiger partial charge is 0.344 e. The molecule has 1 aromatic heterocycles. The summed E-state index contributed by atoms with van der Waals surface area (Å²) in [6, 6.07) is 5.80. The second-order valence-electron chi connectivity index (χ2n) is 5.65. The number of aromatic amines is 1. The van der Waals surface area contributed by atoms with Crippen molar-refractivity contribution in [3.63, 3.8) is 0 Å². The van der Waals surface area contributed by atoms with Gasteiger partial charge in [0.15, 0.2) is 0 Å². The van der Waals surface area contributed by atoms with E-state index in [0.717, 1.165) is 16.5 Å². The first-order valence-corrected chi connectivity index (χ1v) is 8.10. The van der Waals surface area contributed by atoms with Gasteiger partial charge in [0.1, 0.15) is 0 Å². The van der Waals surface area contributed by atoms with Gasteiger partial charge < -0.3 is 19.8 Å². The summed E-state index contributed by atoms with van der Waals surface area (Å²) in [4.78, 5) is 39.3. The standard InChI is InChI=1S/C18H22N2O5/c1-4-24-16(22)18(20-11-21,17(23)25-5-2)9-13-10-19-15-8-12(3)6-7-14(13)15/h6-8,10-11,19H,4-5,9H2,1-3H3,(H,20,21). The van der Waals surface area contributed by atoms with Crippen molar-refractivity contribution in [1.29, 1.82) is 0 Å². The number of rotatable bonds is 8. The van der Waals surface area contributed by atoms with Crippen molar-refractivity contribution in [1.82, 2.24) is 10.3 Å². The summed E-state index contributed by atoms with van der Waals surface area (Å²) < 4.78 is 10.1. The first kappa shape index (κ1) is 18.5. The largest absolute Gasteiger partial charge is 0.464 e. The number of fused-ring (bicyclic) bond motifs is 1. The summed E-state index contributed by atoms with van der Waals surface area (Å²) >= 11 is 0. The average molecular weight is 346 g/mol. The number of esters is 2. The van der Waals surface area contributed by atoms with Gasteiger partial charge in [-0.3, -0.25) is 4.79 Å². The molecule has 7 heteroatoms. The number of carbonyl (C=O) groups excluding carboxylic acids is 3. The Morgan fingerprint density at radius 3 is 2.40 bits per heavy atom. The van der Waals surface area contributed by atoms with E-state index in [-0.39, 0.29) is 19.6 Å². The van der Waals surface area contributed by atoms with Crippen LogP contribution in [0.4, 0.5) is 0 Å². The van der Waals surface area contributed by atoms with E-state index in [1.165, 1.54) is 0 Å². The molecular weight excluding hydrogens is 324 g/mol. The third-order valence-electron chi connectivity index (χ3n) is 3.93. The predicted octanol–water partition coefficient (Wildman–Crippen LogP) is 1.63. The van der Waals surface area contributed by atoms with E-state index >= 15 is 0 Å². The van der Waals surface area contributed by atoms with Gasteiger partial charge in [-0.1, -0.05) is 12.1 Å². The van der Waals surface area contributed by atoms with Gasteiger partial charge in [-0.15, -0.1) is 0 Å². The maximum absolute atomic E-state index is 12.5. The van der Waals surface area contributed by atoms with Crippen LogP contribution < -0.4 is 5.32 Å². The predicted molar refractivity (Wildman–Crippen MR) is 91.9 cm³/mol. The number of benzene rings is 1. The van der Waals surface area contributed by atoms with Gasteiger partial charge in [0, 0.05) is 23.5 Å². The lowest BCUT2D eigenvalue weighted by Gasteiger charge is -2.28. The molecule has 0 aliphatic carbocycles. The monoisotopic (exact) mass is 346 g/mol. The molecule has 25 heavy (non-hydrogen) atoms. The summed E-state index contributed by atoms with van der Waals surface area (Å²) in [5.41, 5.74) is 0.732. The maximum Gasteiger partial charge on any atom is 0.344 e. The topological polar surface area (TPSA) is 97.5 Å². The van der Waals surface area contributed by atoms with Crippen LogP contribution in [0.15, 0.2) is 24.4 Å². The fourth-order valence-electron chi connectivity index (χ4n) is 2.74. The molecule has 0 saturated heterocycles. The zero-order chi connectivity index (χ0) is 18.4. The number of amides is 1. The number of ether oxygens (including phenoxy) is 2. The normalized spacial score (nSPS) is 11.2. The zero-order valence-corrected chi connectivity index (χ0v) is 14.5. The Hall–Kier alpha value is -2.83. The van der Waals surface area contributed by atoms with Crippen molar-refractivity contribution in [2.24, 2.45) is 0 Å². The molecule has 2 rings (SSSR count). The Morgan fingerprint density at radius 2 is 1.84 bits per heavy atom. The fourth-order valence-corrected chi connectivity index (χ4v) is 2.74. The van der Waals surface area contributed by atoms with Gasteiger partial charge >= 0.3 is 11.9 Å². The molecule has 0 saturated carbocycles. The molecule has 2 N–H and O–H groups in total. The lowest BCUT2D eigenvalue weighted by Crippen LogP contribution is -2.60. The molecule has 7 nitrogen and oxygen atoms in total. The highest BCUT2D eigenvalue weighted by Crippen LogP contribution is 2.25. The maximum atomic E-state index is 12.5. The second-order valence-corrected chi connectivity index (χ2v) is 5.65. The molecule has 0 radical (unpaired) electrons. The van der Waals surface area contributed by atoms with Crippen LogP contribution in [0.25, 0.3) is 10.9 Å². The van der Waals surface area contributed by atoms with E-state index < -0.39 is 17.5 Å². The van der Waals surface area contributed by atoms with Crippen molar-refractivity contribution in [3.8, 4) is 0 Å². The van der Waals surface area contributed by atoms with Gasteiger partial charge in [-0.2, -0.15) is 0 Å². The molecule has 0 atom stereocenters. The van der Waals surface area contributed by atoms with E-state index in [9.17, 15) is 14.4 Å². The van der Waals surface area contributed by atoms with Crippen LogP contribution >= 0.6 is 0 Å². The van der Waals surface area contributed by atoms with Gasteiger partial charge in [0.05, 0.1) is 13.2 Å². The van der Waals surface area contributed by atoms with E-state index in [2.05, 4.69) is 10.3 Å². The number of hydrogen-bond acceptors (Lipinski definition) is 5. The first-order chi connectivity index (χ1) is 12.0. The van der Waals surface area contributed by atoms with E-state index in [1.54, 1.807) is 20.0 Å². The van der Waals surface area contributed by atoms with Gasteiger partial charge in [-0.05, 0) is 38.0 Å². The van der Waals surface area contributed by atoms with Crippen LogP contribution in [0.5, 0.6) is 0 Å². The minimum Gasteiger partial charge on any atom is -0.464 e. The Bertz CT molecular complexity index is 763. The highest BCUT2D eigenvalue weighted by Gasteiger charge is 2.49. The molecule has 1 amide bonds. The van der Waals surface area contributed by atoms with Crippen LogP contribution in [0.3, 0.4) is 0 Å². The quantitative estimate of drug-likeness (QED) is 0.430. The number of hydrogen-bond donors (Lipinski definition) is 2. The summed E-state index contributed by atoms with van der Waals surface area (Å²) in [5.74, 6) is -1.69. The number of carbonyl (C=O) groups is 3. The van der Waals surface area contributed by atoms with Crippen molar-refractivity contribution >= 4 is 29.3 Å². The van der Waals surface area contributed by atoms with Crippen molar-refractivity contribution in [2.75, 3.05) is 13.2 Å². The van der Waals surface area contributed by atoms with Gasteiger partial charge in [0.2, 0.25) is 11.9 Å². The Kier molecular flexibility index (Phi) is 5.80. The molecule has 1 aromatic carbocycles. The van der Waals surface area contributed by atoms with E-state index in [0.29, 0.717) is 12.0 Å². The average Bonchev–Trinajstić information content (AvgIpc) is 2.96. The summed E-state index contributed by atoms with van der Waals surface area (Å²) in [6.45, 7) is 5.38. The van der Waals surface area contributed by atoms with Crippen LogP contribution in [0.1, 0.15) is 25.0 Å². The Balaban J connectivity index is 2.50. The number of H-pyrrole nitrogens is 1. The molecule has 2 aromatic rings.